The van der Waals surface area contributed by atoms with E-state index in [4.69, 9.17) is 4.74 Å². The summed E-state index contributed by atoms with van der Waals surface area (Å²) in [6.07, 6.45) is 5.14. The number of nitrogens with one attached hydrogen (secondary N) is 1. The molecule has 100 valence electrons. The molecule has 19 heavy (non-hydrogen) atoms. The molecule has 1 N–H and O–H groups in total. The van der Waals surface area contributed by atoms with Gasteiger partial charge in [0.1, 0.15) is 5.82 Å². The van der Waals surface area contributed by atoms with Crippen LogP contribution in [0.2, 0.25) is 0 Å². The fraction of sp³-hybridized carbons (Fsp3) is 0.385. The van der Waals surface area contributed by atoms with Crippen molar-refractivity contribution in [2.24, 2.45) is 0 Å². The van der Waals surface area contributed by atoms with Gasteiger partial charge in [0.2, 0.25) is 5.95 Å². The quantitative estimate of drug-likeness (QED) is 0.851. The molecule has 0 spiro atoms. The van der Waals surface area contributed by atoms with Crippen molar-refractivity contribution in [2.75, 3.05) is 19.0 Å². The number of methoxy groups -OCH3 is 1. The highest BCUT2D eigenvalue weighted by atomic mass is 16.5. The number of nitrogens with zero attached hydrogens (tertiary/aromatic N) is 4. The van der Waals surface area contributed by atoms with E-state index >= 15 is 0 Å². The summed E-state index contributed by atoms with van der Waals surface area (Å²) in [6, 6.07) is 4.21. The Morgan fingerprint density at radius 3 is 2.63 bits per heavy atom. The Kier molecular flexibility index (Phi) is 4.60. The lowest BCUT2D eigenvalue weighted by Crippen LogP contribution is -2.09. The fourth-order valence-electron chi connectivity index (χ4n) is 1.57. The smallest absolute Gasteiger partial charge is 0.321 e. The second-order valence-corrected chi connectivity index (χ2v) is 4.02. The van der Waals surface area contributed by atoms with Crippen LogP contribution in [0, 0.1) is 0 Å². The van der Waals surface area contributed by atoms with E-state index in [1.54, 1.807) is 19.5 Å². The van der Waals surface area contributed by atoms with Crippen LogP contribution < -0.4 is 10.1 Å². The lowest BCUT2D eigenvalue weighted by molar-refractivity contribution is 0.377. The highest BCUT2D eigenvalue weighted by molar-refractivity contribution is 5.27. The van der Waals surface area contributed by atoms with Crippen molar-refractivity contribution < 1.29 is 4.74 Å². The van der Waals surface area contributed by atoms with Crippen molar-refractivity contribution in [2.45, 2.75) is 19.8 Å². The van der Waals surface area contributed by atoms with Gasteiger partial charge in [0, 0.05) is 25.4 Å². The number of hydrogen-bond donors (Lipinski definition) is 1. The zero-order chi connectivity index (χ0) is 13.5. The third kappa shape index (κ3) is 3.87. The standard InChI is InChI=1S/C13H17N5O/c1-3-6-15-12-16-11(17-13(18-12)19-2)9-10-4-7-14-8-5-10/h4-5,7-8H,3,6,9H2,1-2H3,(H,15,16,17,18). The van der Waals surface area contributed by atoms with Gasteiger partial charge in [-0.05, 0) is 24.1 Å². The molecule has 0 unspecified atom stereocenters. The molecule has 0 atom stereocenters. The molecular formula is C13H17N5O. The Labute approximate surface area is 112 Å². The maximum Gasteiger partial charge on any atom is 0.321 e. The van der Waals surface area contributed by atoms with Crippen molar-refractivity contribution in [1.82, 2.24) is 19.9 Å². The molecule has 0 aliphatic rings. The lowest BCUT2D eigenvalue weighted by atomic mass is 10.2. The van der Waals surface area contributed by atoms with Gasteiger partial charge < -0.3 is 10.1 Å². The van der Waals surface area contributed by atoms with Crippen molar-refractivity contribution in [3.05, 3.63) is 35.9 Å². The first-order chi connectivity index (χ1) is 9.31. The number of rotatable bonds is 6. The van der Waals surface area contributed by atoms with Crippen LogP contribution in [-0.4, -0.2) is 33.6 Å². The SMILES string of the molecule is CCCNc1nc(Cc2ccncc2)nc(OC)n1. The third-order valence-corrected chi connectivity index (χ3v) is 2.49. The molecule has 0 amide bonds. The van der Waals surface area contributed by atoms with Crippen LogP contribution in [-0.2, 0) is 6.42 Å². The van der Waals surface area contributed by atoms with Crippen LogP contribution in [0.3, 0.4) is 0 Å². The normalized spacial score (nSPS) is 10.2. The van der Waals surface area contributed by atoms with Crippen LogP contribution in [0.5, 0.6) is 6.01 Å². The Balaban J connectivity index is 2.19. The van der Waals surface area contributed by atoms with Crippen LogP contribution in [0.1, 0.15) is 24.7 Å². The van der Waals surface area contributed by atoms with Gasteiger partial charge >= 0.3 is 6.01 Å². The molecular weight excluding hydrogens is 242 g/mol. The lowest BCUT2D eigenvalue weighted by Gasteiger charge is -2.07. The van der Waals surface area contributed by atoms with Gasteiger partial charge in [-0.1, -0.05) is 6.92 Å². The fourth-order valence-corrected chi connectivity index (χ4v) is 1.57. The van der Waals surface area contributed by atoms with Crippen LogP contribution in [0.25, 0.3) is 0 Å². The molecule has 0 radical (unpaired) electrons. The Bertz CT molecular complexity index is 518. The molecule has 0 aromatic carbocycles. The summed E-state index contributed by atoms with van der Waals surface area (Å²) >= 11 is 0. The summed E-state index contributed by atoms with van der Waals surface area (Å²) in [6.45, 7) is 2.91. The minimum atomic E-state index is 0.331. The Hall–Kier alpha value is -2.24. The molecule has 0 aliphatic carbocycles. The maximum absolute atomic E-state index is 5.10. The third-order valence-electron chi connectivity index (χ3n) is 2.49. The summed E-state index contributed by atoms with van der Waals surface area (Å²) < 4.78 is 5.10. The molecule has 0 fully saturated rings. The van der Waals surface area contributed by atoms with Crippen molar-refractivity contribution >= 4 is 5.95 Å². The molecule has 0 aliphatic heterocycles. The van der Waals surface area contributed by atoms with Crippen molar-refractivity contribution in [3.8, 4) is 6.01 Å². The molecule has 2 aromatic heterocycles. The minimum absolute atomic E-state index is 0.331. The van der Waals surface area contributed by atoms with Gasteiger partial charge in [-0.25, -0.2) is 0 Å². The van der Waals surface area contributed by atoms with E-state index in [1.165, 1.54) is 0 Å². The highest BCUT2D eigenvalue weighted by Gasteiger charge is 2.07. The van der Waals surface area contributed by atoms with Crippen molar-refractivity contribution in [1.29, 1.82) is 0 Å². The number of ether oxygens (including phenoxy) is 1. The predicted molar refractivity (Wildman–Crippen MR) is 72.2 cm³/mol. The van der Waals surface area contributed by atoms with E-state index in [1.807, 2.05) is 12.1 Å². The average molecular weight is 259 g/mol. The largest absolute Gasteiger partial charge is 0.467 e. The maximum atomic E-state index is 5.10. The van der Waals surface area contributed by atoms with Gasteiger partial charge in [0.05, 0.1) is 7.11 Å². The monoisotopic (exact) mass is 259 g/mol. The van der Waals surface area contributed by atoms with Gasteiger partial charge in [-0.3, -0.25) is 4.98 Å². The molecule has 2 aromatic rings. The van der Waals surface area contributed by atoms with Gasteiger partial charge in [-0.15, -0.1) is 0 Å². The number of pyridine rings is 1. The highest BCUT2D eigenvalue weighted by Crippen LogP contribution is 2.11. The first-order valence-corrected chi connectivity index (χ1v) is 6.23. The Morgan fingerprint density at radius 2 is 1.95 bits per heavy atom. The van der Waals surface area contributed by atoms with Gasteiger partial charge in [0.25, 0.3) is 0 Å². The number of aromatic nitrogens is 4. The summed E-state index contributed by atoms with van der Waals surface area (Å²) in [4.78, 5) is 16.8. The molecule has 0 saturated carbocycles. The van der Waals surface area contributed by atoms with E-state index in [-0.39, 0.29) is 0 Å². The summed E-state index contributed by atoms with van der Waals surface area (Å²) in [7, 11) is 1.55. The molecule has 0 saturated heterocycles. The molecule has 6 nitrogen and oxygen atoms in total. The number of hydrogen-bond acceptors (Lipinski definition) is 6. The van der Waals surface area contributed by atoms with Gasteiger partial charge in [0.15, 0.2) is 0 Å². The molecule has 2 rings (SSSR count). The van der Waals surface area contributed by atoms with Crippen LogP contribution in [0.15, 0.2) is 24.5 Å². The van der Waals surface area contributed by atoms with E-state index in [0.717, 1.165) is 18.5 Å². The zero-order valence-corrected chi connectivity index (χ0v) is 11.1. The average Bonchev–Trinajstić information content (AvgIpc) is 2.46. The molecule has 0 bridgehead atoms. The molecule has 6 heteroatoms. The Morgan fingerprint density at radius 1 is 1.16 bits per heavy atom. The second kappa shape index (κ2) is 6.63. The van der Waals surface area contributed by atoms with Crippen molar-refractivity contribution in [3.63, 3.8) is 0 Å². The first-order valence-electron chi connectivity index (χ1n) is 6.23. The number of anilines is 1. The first kappa shape index (κ1) is 13.2. The van der Waals surface area contributed by atoms with E-state index < -0.39 is 0 Å². The summed E-state index contributed by atoms with van der Waals surface area (Å²) in [5, 5.41) is 3.14. The van der Waals surface area contributed by atoms with E-state index in [2.05, 4.69) is 32.2 Å². The van der Waals surface area contributed by atoms with E-state index in [0.29, 0.717) is 24.2 Å². The van der Waals surface area contributed by atoms with Crippen LogP contribution in [0.4, 0.5) is 5.95 Å². The summed E-state index contributed by atoms with van der Waals surface area (Å²) in [5.41, 5.74) is 1.10. The van der Waals surface area contributed by atoms with Crippen LogP contribution >= 0.6 is 0 Å². The second-order valence-electron chi connectivity index (χ2n) is 4.02. The predicted octanol–water partition coefficient (Wildman–Crippen LogP) is 1.69. The zero-order valence-electron chi connectivity index (χ0n) is 11.1. The van der Waals surface area contributed by atoms with Gasteiger partial charge in [-0.2, -0.15) is 15.0 Å². The molecule has 2 heterocycles. The van der Waals surface area contributed by atoms with E-state index in [9.17, 15) is 0 Å². The minimum Gasteiger partial charge on any atom is -0.467 e. The topological polar surface area (TPSA) is 72.8 Å². The summed E-state index contributed by atoms with van der Waals surface area (Å²) in [5.74, 6) is 1.23.